The van der Waals surface area contributed by atoms with Crippen LogP contribution in [0.15, 0.2) is 42.6 Å². The second-order valence-corrected chi connectivity index (χ2v) is 4.14. The number of aryl methyl sites for hydroxylation is 1. The van der Waals surface area contributed by atoms with Crippen LogP contribution in [-0.2, 0) is 4.79 Å². The van der Waals surface area contributed by atoms with Gasteiger partial charge in [0.25, 0.3) is 0 Å². The lowest BCUT2D eigenvalue weighted by molar-refractivity contribution is -0.612. The molecule has 0 bridgehead atoms. The Bertz CT molecular complexity index is 594. The molecule has 98 valence electrons. The number of aromatic nitrogens is 1. The highest BCUT2D eigenvalue weighted by Gasteiger charge is 2.03. The van der Waals surface area contributed by atoms with Crippen LogP contribution in [0, 0.1) is 12.1 Å². The van der Waals surface area contributed by atoms with Gasteiger partial charge in [0.05, 0.1) is 0 Å². The largest absolute Gasteiger partial charge is 0.619 e. The van der Waals surface area contributed by atoms with Crippen LogP contribution in [0.3, 0.4) is 0 Å². The molecule has 1 N–H and O–H groups in total. The lowest BCUT2D eigenvalue weighted by Gasteiger charge is -2.08. The molecule has 1 aromatic carbocycles. The van der Waals surface area contributed by atoms with Crippen LogP contribution in [0.4, 0.5) is 5.69 Å². The molecule has 0 saturated heterocycles. The van der Waals surface area contributed by atoms with Crippen LogP contribution in [0.25, 0.3) is 0 Å². The van der Waals surface area contributed by atoms with Crippen molar-refractivity contribution in [3.8, 4) is 11.5 Å². The molecule has 1 aromatic heterocycles. The second kappa shape index (κ2) is 5.39. The van der Waals surface area contributed by atoms with Crippen molar-refractivity contribution in [2.24, 2.45) is 0 Å². The quantitative estimate of drug-likeness (QED) is 0.679. The highest BCUT2D eigenvalue weighted by atomic mass is 16.5. The fourth-order valence-electron chi connectivity index (χ4n) is 1.59. The number of ether oxygens (including phenoxy) is 1. The topological polar surface area (TPSA) is 65.3 Å². The van der Waals surface area contributed by atoms with Crippen molar-refractivity contribution >= 4 is 11.6 Å². The van der Waals surface area contributed by atoms with Crippen LogP contribution < -0.4 is 14.8 Å². The molecule has 0 radical (unpaired) electrons. The summed E-state index contributed by atoms with van der Waals surface area (Å²) in [4.78, 5) is 10.9. The van der Waals surface area contributed by atoms with Crippen molar-refractivity contribution in [2.45, 2.75) is 13.8 Å². The maximum absolute atomic E-state index is 11.2. The van der Waals surface area contributed by atoms with E-state index < -0.39 is 0 Å². The summed E-state index contributed by atoms with van der Waals surface area (Å²) in [5, 5.41) is 13.9. The molecule has 0 saturated carbocycles. The van der Waals surface area contributed by atoms with Crippen molar-refractivity contribution in [3.63, 3.8) is 0 Å². The van der Waals surface area contributed by atoms with Gasteiger partial charge in [-0.15, -0.1) is 0 Å². The molecule has 0 atom stereocenters. The number of anilines is 1. The maximum atomic E-state index is 11.2. The Kier molecular flexibility index (Phi) is 3.66. The van der Waals surface area contributed by atoms with E-state index in [2.05, 4.69) is 5.32 Å². The summed E-state index contributed by atoms with van der Waals surface area (Å²) in [7, 11) is 0. The van der Waals surface area contributed by atoms with Crippen molar-refractivity contribution in [1.82, 2.24) is 0 Å². The molecule has 0 spiro atoms. The molecule has 0 aliphatic carbocycles. The number of nitrogens with one attached hydrogen (secondary N) is 1. The Morgan fingerprint density at radius 1 is 1.21 bits per heavy atom. The van der Waals surface area contributed by atoms with Gasteiger partial charge in [0.2, 0.25) is 5.91 Å². The minimum atomic E-state index is -0.118. The number of carbonyl (C=O) groups excluding carboxylic acids is 1. The summed E-state index contributed by atoms with van der Waals surface area (Å²) in [6, 6.07) is 10.3. The van der Waals surface area contributed by atoms with E-state index in [0.717, 1.165) is 4.73 Å². The standard InChI is InChI=1S/C14H14N2O3/c1-10-9-14(7-8-16(10)18)19-13-5-3-12(4-6-13)15-11(2)17/h3-9H,1-2H3,(H,15,17). The average molecular weight is 258 g/mol. The second-order valence-electron chi connectivity index (χ2n) is 4.14. The van der Waals surface area contributed by atoms with Crippen LogP contribution in [0.5, 0.6) is 11.5 Å². The first kappa shape index (κ1) is 12.9. The van der Waals surface area contributed by atoms with Gasteiger partial charge in [-0.05, 0) is 24.3 Å². The maximum Gasteiger partial charge on any atom is 0.221 e. The minimum absolute atomic E-state index is 0.118. The van der Waals surface area contributed by atoms with Gasteiger partial charge < -0.3 is 15.3 Å². The molecule has 0 unspecified atom stereocenters. The molecule has 0 fully saturated rings. The number of amides is 1. The fraction of sp³-hybridized carbons (Fsp3) is 0.143. The fourth-order valence-corrected chi connectivity index (χ4v) is 1.59. The molecule has 2 aromatic rings. The van der Waals surface area contributed by atoms with Crippen LogP contribution >= 0.6 is 0 Å². The Balaban J connectivity index is 2.10. The number of hydrogen-bond donors (Lipinski definition) is 1. The summed E-state index contributed by atoms with van der Waals surface area (Å²) in [5.74, 6) is 1.11. The zero-order chi connectivity index (χ0) is 13.8. The van der Waals surface area contributed by atoms with E-state index in [1.54, 1.807) is 43.3 Å². The van der Waals surface area contributed by atoms with Gasteiger partial charge in [0.15, 0.2) is 11.9 Å². The molecule has 5 heteroatoms. The predicted molar refractivity (Wildman–Crippen MR) is 71.0 cm³/mol. The third kappa shape index (κ3) is 3.45. The number of carbonyl (C=O) groups is 1. The minimum Gasteiger partial charge on any atom is -0.619 e. The highest BCUT2D eigenvalue weighted by Crippen LogP contribution is 2.22. The Morgan fingerprint density at radius 3 is 2.47 bits per heavy atom. The highest BCUT2D eigenvalue weighted by molar-refractivity contribution is 5.88. The SMILES string of the molecule is CC(=O)Nc1ccc(Oc2cc[n+]([O-])c(C)c2)cc1. The molecule has 0 aliphatic rings. The lowest BCUT2D eigenvalue weighted by Crippen LogP contribution is -2.28. The number of pyridine rings is 1. The van der Waals surface area contributed by atoms with Gasteiger partial charge >= 0.3 is 0 Å². The van der Waals surface area contributed by atoms with Gasteiger partial charge in [-0.2, -0.15) is 4.73 Å². The van der Waals surface area contributed by atoms with Crippen molar-refractivity contribution in [2.75, 3.05) is 5.32 Å². The third-order valence-electron chi connectivity index (χ3n) is 2.48. The van der Waals surface area contributed by atoms with Crippen LogP contribution in [0.2, 0.25) is 0 Å². The van der Waals surface area contributed by atoms with Gasteiger partial charge in [0.1, 0.15) is 11.5 Å². The zero-order valence-corrected chi connectivity index (χ0v) is 10.7. The average Bonchev–Trinajstić information content (AvgIpc) is 2.36. The smallest absolute Gasteiger partial charge is 0.221 e. The van der Waals surface area contributed by atoms with Gasteiger partial charge in [-0.1, -0.05) is 0 Å². The van der Waals surface area contributed by atoms with E-state index in [1.807, 2.05) is 0 Å². The first-order valence-corrected chi connectivity index (χ1v) is 5.80. The van der Waals surface area contributed by atoms with Gasteiger partial charge in [-0.3, -0.25) is 4.79 Å². The number of hydrogen-bond acceptors (Lipinski definition) is 3. The van der Waals surface area contributed by atoms with Gasteiger partial charge in [0, 0.05) is 31.7 Å². The third-order valence-corrected chi connectivity index (χ3v) is 2.48. The molecule has 2 rings (SSSR count). The number of benzene rings is 1. The van der Waals surface area contributed by atoms with E-state index in [9.17, 15) is 10.0 Å². The lowest BCUT2D eigenvalue weighted by atomic mass is 10.3. The Morgan fingerprint density at radius 2 is 1.89 bits per heavy atom. The normalized spacial score (nSPS) is 10.0. The summed E-state index contributed by atoms with van der Waals surface area (Å²) in [6.07, 6.45) is 1.40. The molecular formula is C14H14N2O3. The number of nitrogens with zero attached hydrogens (tertiary/aromatic N) is 1. The van der Waals surface area contributed by atoms with E-state index in [1.165, 1.54) is 13.1 Å². The van der Waals surface area contributed by atoms with E-state index in [4.69, 9.17) is 4.74 Å². The van der Waals surface area contributed by atoms with Crippen molar-refractivity contribution in [3.05, 3.63) is 53.5 Å². The number of rotatable bonds is 3. The Labute approximate surface area is 111 Å². The van der Waals surface area contributed by atoms with Crippen LogP contribution in [-0.4, -0.2) is 5.91 Å². The summed E-state index contributed by atoms with van der Waals surface area (Å²) in [6.45, 7) is 3.16. The predicted octanol–water partition coefficient (Wildman–Crippen LogP) is 2.38. The summed E-state index contributed by atoms with van der Waals surface area (Å²) < 4.78 is 6.38. The van der Waals surface area contributed by atoms with Crippen molar-refractivity contribution in [1.29, 1.82) is 0 Å². The molecule has 1 heterocycles. The molecule has 19 heavy (non-hydrogen) atoms. The van der Waals surface area contributed by atoms with Gasteiger partial charge in [-0.25, -0.2) is 0 Å². The first-order chi connectivity index (χ1) is 9.04. The van der Waals surface area contributed by atoms with Crippen LogP contribution in [0.1, 0.15) is 12.6 Å². The van der Waals surface area contributed by atoms with Crippen molar-refractivity contribution < 1.29 is 14.3 Å². The van der Waals surface area contributed by atoms with E-state index >= 15 is 0 Å². The first-order valence-electron chi connectivity index (χ1n) is 5.80. The molecular weight excluding hydrogens is 244 g/mol. The molecule has 1 amide bonds. The van der Waals surface area contributed by atoms with E-state index in [-0.39, 0.29) is 5.91 Å². The Hall–Kier alpha value is -2.56. The summed E-state index contributed by atoms with van der Waals surface area (Å²) in [5.41, 5.74) is 1.27. The molecule has 0 aliphatic heterocycles. The monoisotopic (exact) mass is 258 g/mol. The zero-order valence-electron chi connectivity index (χ0n) is 10.7. The molecule has 5 nitrogen and oxygen atoms in total. The summed E-state index contributed by atoms with van der Waals surface area (Å²) >= 11 is 0. The van der Waals surface area contributed by atoms with E-state index in [0.29, 0.717) is 22.9 Å².